The number of aryl methyl sites for hydroxylation is 1. The molecule has 102 valence electrons. The highest BCUT2D eigenvalue weighted by atomic mass is 16.4. The number of aliphatic carboxylic acids is 2. The van der Waals surface area contributed by atoms with Crippen LogP contribution in [0.5, 0.6) is 0 Å². The third-order valence-corrected chi connectivity index (χ3v) is 2.56. The highest BCUT2D eigenvalue weighted by Crippen LogP contribution is 2.05. The fourth-order valence-electron chi connectivity index (χ4n) is 1.47. The number of hydrogen-bond acceptors (Lipinski definition) is 3. The van der Waals surface area contributed by atoms with Gasteiger partial charge in [-0.2, -0.15) is 0 Å². The van der Waals surface area contributed by atoms with Crippen LogP contribution in [0.15, 0.2) is 24.3 Å². The van der Waals surface area contributed by atoms with E-state index in [1.165, 1.54) is 0 Å². The third-order valence-electron chi connectivity index (χ3n) is 2.56. The molecule has 1 rings (SSSR count). The van der Waals surface area contributed by atoms with Crippen LogP contribution in [0.3, 0.4) is 0 Å². The Morgan fingerprint density at radius 3 is 2.21 bits per heavy atom. The maximum absolute atomic E-state index is 11.8. The smallest absolute Gasteiger partial charge is 0.326 e. The first-order valence-electron chi connectivity index (χ1n) is 5.72. The number of amides is 1. The van der Waals surface area contributed by atoms with Crippen molar-refractivity contribution in [3.05, 3.63) is 35.4 Å². The molecule has 0 saturated carbocycles. The summed E-state index contributed by atoms with van der Waals surface area (Å²) >= 11 is 0. The van der Waals surface area contributed by atoms with E-state index in [0.717, 1.165) is 5.56 Å². The maximum Gasteiger partial charge on any atom is 0.326 e. The predicted molar refractivity (Wildman–Crippen MR) is 66.9 cm³/mol. The SMILES string of the molecule is Cc1ccc(C(=O)N[C@@H](CCC(=O)O)C(=O)O)cc1. The van der Waals surface area contributed by atoms with Crippen LogP contribution in [-0.4, -0.2) is 34.1 Å². The summed E-state index contributed by atoms with van der Waals surface area (Å²) in [4.78, 5) is 33.1. The van der Waals surface area contributed by atoms with E-state index in [2.05, 4.69) is 5.32 Å². The first kappa shape index (κ1) is 14.7. The number of carboxylic acid groups (broad SMARTS) is 2. The van der Waals surface area contributed by atoms with Crippen LogP contribution in [-0.2, 0) is 9.59 Å². The molecule has 0 saturated heterocycles. The predicted octanol–water partition coefficient (Wildman–Crippen LogP) is 1.04. The van der Waals surface area contributed by atoms with Crippen LogP contribution in [0, 0.1) is 6.92 Å². The van der Waals surface area contributed by atoms with Gasteiger partial charge in [0.15, 0.2) is 0 Å². The molecule has 6 heteroatoms. The van der Waals surface area contributed by atoms with E-state index >= 15 is 0 Å². The Morgan fingerprint density at radius 1 is 1.16 bits per heavy atom. The van der Waals surface area contributed by atoms with Crippen molar-refractivity contribution in [3.8, 4) is 0 Å². The summed E-state index contributed by atoms with van der Waals surface area (Å²) in [6.07, 6.45) is -0.465. The average Bonchev–Trinajstić information content (AvgIpc) is 2.34. The Labute approximate surface area is 110 Å². The Kier molecular flexibility index (Phi) is 5.05. The summed E-state index contributed by atoms with van der Waals surface area (Å²) in [5.74, 6) is -2.88. The van der Waals surface area contributed by atoms with Crippen molar-refractivity contribution in [1.82, 2.24) is 5.32 Å². The van der Waals surface area contributed by atoms with E-state index in [9.17, 15) is 14.4 Å². The normalized spacial score (nSPS) is 11.6. The van der Waals surface area contributed by atoms with Gasteiger partial charge in [-0.1, -0.05) is 17.7 Å². The molecule has 1 aromatic carbocycles. The summed E-state index contributed by atoms with van der Waals surface area (Å²) in [6, 6.07) is 5.44. The van der Waals surface area contributed by atoms with Gasteiger partial charge in [0.05, 0.1) is 0 Å². The Balaban J connectivity index is 2.68. The lowest BCUT2D eigenvalue weighted by molar-refractivity contribution is -0.140. The molecule has 0 radical (unpaired) electrons. The molecule has 1 amide bonds. The lowest BCUT2D eigenvalue weighted by Gasteiger charge is -2.13. The van der Waals surface area contributed by atoms with Gasteiger partial charge in [-0.3, -0.25) is 9.59 Å². The highest BCUT2D eigenvalue weighted by Gasteiger charge is 2.21. The molecule has 0 heterocycles. The topological polar surface area (TPSA) is 104 Å². The van der Waals surface area contributed by atoms with E-state index in [1.807, 2.05) is 6.92 Å². The van der Waals surface area contributed by atoms with Crippen molar-refractivity contribution in [2.75, 3.05) is 0 Å². The van der Waals surface area contributed by atoms with Crippen molar-refractivity contribution >= 4 is 17.8 Å². The number of nitrogens with one attached hydrogen (secondary N) is 1. The molecule has 6 nitrogen and oxygen atoms in total. The number of rotatable bonds is 6. The Hall–Kier alpha value is -2.37. The van der Waals surface area contributed by atoms with Gasteiger partial charge in [-0.15, -0.1) is 0 Å². The van der Waals surface area contributed by atoms with Gasteiger partial charge in [0.25, 0.3) is 5.91 Å². The fourth-order valence-corrected chi connectivity index (χ4v) is 1.47. The third kappa shape index (κ3) is 4.79. The molecule has 0 aliphatic heterocycles. The van der Waals surface area contributed by atoms with E-state index in [4.69, 9.17) is 10.2 Å². The lowest BCUT2D eigenvalue weighted by atomic mass is 10.1. The van der Waals surface area contributed by atoms with Gasteiger partial charge in [-0.25, -0.2) is 4.79 Å². The van der Waals surface area contributed by atoms with Crippen LogP contribution in [0.1, 0.15) is 28.8 Å². The van der Waals surface area contributed by atoms with Crippen LogP contribution in [0.2, 0.25) is 0 Å². The zero-order valence-electron chi connectivity index (χ0n) is 10.4. The van der Waals surface area contributed by atoms with E-state index < -0.39 is 23.9 Å². The molecule has 1 aromatic rings. The van der Waals surface area contributed by atoms with Gasteiger partial charge in [0.2, 0.25) is 0 Å². The van der Waals surface area contributed by atoms with Crippen LogP contribution in [0.25, 0.3) is 0 Å². The van der Waals surface area contributed by atoms with Gasteiger partial charge < -0.3 is 15.5 Å². The largest absolute Gasteiger partial charge is 0.481 e. The Bertz CT molecular complexity index is 480. The van der Waals surface area contributed by atoms with Gasteiger partial charge in [0.1, 0.15) is 6.04 Å². The summed E-state index contributed by atoms with van der Waals surface area (Å²) in [6.45, 7) is 1.87. The van der Waals surface area contributed by atoms with Crippen molar-refractivity contribution in [3.63, 3.8) is 0 Å². The second kappa shape index (κ2) is 6.53. The number of carboxylic acids is 2. The monoisotopic (exact) mass is 265 g/mol. The van der Waals surface area contributed by atoms with Crippen molar-refractivity contribution in [2.45, 2.75) is 25.8 Å². The van der Waals surface area contributed by atoms with Crippen molar-refractivity contribution in [1.29, 1.82) is 0 Å². The molecule has 1 atom stereocenters. The zero-order valence-corrected chi connectivity index (χ0v) is 10.4. The minimum atomic E-state index is -1.25. The molecule has 0 spiro atoms. The van der Waals surface area contributed by atoms with Crippen molar-refractivity contribution in [2.24, 2.45) is 0 Å². The molecule has 3 N–H and O–H groups in total. The minimum absolute atomic E-state index is 0.151. The number of carbonyl (C=O) groups excluding carboxylic acids is 1. The van der Waals surface area contributed by atoms with Gasteiger partial charge in [-0.05, 0) is 25.5 Å². The highest BCUT2D eigenvalue weighted by molar-refractivity contribution is 5.96. The Morgan fingerprint density at radius 2 is 1.74 bits per heavy atom. The minimum Gasteiger partial charge on any atom is -0.481 e. The number of carbonyl (C=O) groups is 3. The van der Waals surface area contributed by atoms with Crippen LogP contribution in [0.4, 0.5) is 0 Å². The molecule has 0 aliphatic carbocycles. The quantitative estimate of drug-likeness (QED) is 0.713. The summed E-state index contributed by atoms with van der Waals surface area (Å²) in [7, 11) is 0. The van der Waals surface area contributed by atoms with Gasteiger partial charge >= 0.3 is 11.9 Å². The molecule has 0 fully saturated rings. The standard InChI is InChI=1S/C13H15NO5/c1-8-2-4-9(5-3-8)12(17)14-10(13(18)19)6-7-11(15)16/h2-5,10H,6-7H2,1H3,(H,14,17)(H,15,16)(H,18,19)/t10-/m0/s1. The van der Waals surface area contributed by atoms with E-state index in [-0.39, 0.29) is 12.8 Å². The second-order valence-corrected chi connectivity index (χ2v) is 4.16. The molecule has 0 aliphatic rings. The molecule has 0 unspecified atom stereocenters. The van der Waals surface area contributed by atoms with Crippen LogP contribution < -0.4 is 5.32 Å². The molecule has 19 heavy (non-hydrogen) atoms. The second-order valence-electron chi connectivity index (χ2n) is 4.16. The first-order chi connectivity index (χ1) is 8.90. The van der Waals surface area contributed by atoms with E-state index in [0.29, 0.717) is 5.56 Å². The molecular weight excluding hydrogens is 250 g/mol. The molecule has 0 aromatic heterocycles. The fraction of sp³-hybridized carbons (Fsp3) is 0.308. The number of hydrogen-bond donors (Lipinski definition) is 3. The van der Waals surface area contributed by atoms with Gasteiger partial charge in [0, 0.05) is 12.0 Å². The van der Waals surface area contributed by atoms with E-state index in [1.54, 1.807) is 24.3 Å². The van der Waals surface area contributed by atoms with Crippen molar-refractivity contribution < 1.29 is 24.6 Å². The summed E-state index contributed by atoms with van der Waals surface area (Å²) < 4.78 is 0. The average molecular weight is 265 g/mol. The zero-order chi connectivity index (χ0) is 14.4. The molecular formula is C13H15NO5. The lowest BCUT2D eigenvalue weighted by Crippen LogP contribution is -2.41. The number of benzene rings is 1. The summed E-state index contributed by atoms with van der Waals surface area (Å²) in [5.41, 5.74) is 1.32. The summed E-state index contributed by atoms with van der Waals surface area (Å²) in [5, 5.41) is 19.7. The molecule has 0 bridgehead atoms. The van der Waals surface area contributed by atoms with Crippen LogP contribution >= 0.6 is 0 Å². The maximum atomic E-state index is 11.8. The first-order valence-corrected chi connectivity index (χ1v) is 5.72.